The summed E-state index contributed by atoms with van der Waals surface area (Å²) in [5, 5.41) is 13.8. The van der Waals surface area contributed by atoms with E-state index in [-0.39, 0.29) is 10.8 Å². The molecule has 0 aromatic carbocycles. The second-order valence-electron chi connectivity index (χ2n) is 2.87. The van der Waals surface area contributed by atoms with Gasteiger partial charge in [0.05, 0.1) is 0 Å². The molecule has 0 radical (unpaired) electrons. The first-order valence-electron chi connectivity index (χ1n) is 3.62. The van der Waals surface area contributed by atoms with Gasteiger partial charge in [-0.3, -0.25) is 10.1 Å². The molecule has 6 heteroatoms. The standard InChI is InChI=1S/C6H7N3O3/c1-3-7-6(12-8-3)4-2-5(4)9(10)11/h4-5H,2H2,1H3. The average Bonchev–Trinajstić information content (AvgIpc) is 2.70. The number of rotatable bonds is 2. The van der Waals surface area contributed by atoms with Crippen molar-refractivity contribution in [2.24, 2.45) is 0 Å². The minimum Gasteiger partial charge on any atom is -0.339 e. The Kier molecular flexibility index (Phi) is 1.36. The van der Waals surface area contributed by atoms with Gasteiger partial charge in [0.2, 0.25) is 11.9 Å². The average molecular weight is 169 g/mol. The van der Waals surface area contributed by atoms with Crippen molar-refractivity contribution in [2.45, 2.75) is 25.3 Å². The van der Waals surface area contributed by atoms with E-state index in [1.165, 1.54) is 0 Å². The van der Waals surface area contributed by atoms with Gasteiger partial charge >= 0.3 is 0 Å². The molecule has 1 fully saturated rings. The molecule has 12 heavy (non-hydrogen) atoms. The van der Waals surface area contributed by atoms with Gasteiger partial charge in [0, 0.05) is 11.3 Å². The molecule has 64 valence electrons. The first-order chi connectivity index (χ1) is 5.68. The molecule has 1 saturated carbocycles. The smallest absolute Gasteiger partial charge is 0.236 e. The van der Waals surface area contributed by atoms with E-state index in [1.54, 1.807) is 6.92 Å². The summed E-state index contributed by atoms with van der Waals surface area (Å²) >= 11 is 0. The van der Waals surface area contributed by atoms with Gasteiger partial charge < -0.3 is 4.52 Å². The fraction of sp³-hybridized carbons (Fsp3) is 0.667. The summed E-state index contributed by atoms with van der Waals surface area (Å²) in [5.41, 5.74) is 0. The highest BCUT2D eigenvalue weighted by Gasteiger charge is 2.52. The summed E-state index contributed by atoms with van der Waals surface area (Å²) < 4.78 is 4.80. The zero-order chi connectivity index (χ0) is 8.72. The predicted molar refractivity (Wildman–Crippen MR) is 37.2 cm³/mol. The number of nitro groups is 1. The van der Waals surface area contributed by atoms with Crippen molar-refractivity contribution in [2.75, 3.05) is 0 Å². The normalized spacial score (nSPS) is 27.1. The molecule has 0 bridgehead atoms. The van der Waals surface area contributed by atoms with Gasteiger partial charge in [0.1, 0.15) is 5.92 Å². The lowest BCUT2D eigenvalue weighted by atomic mass is 10.4. The fourth-order valence-electron chi connectivity index (χ4n) is 1.14. The molecule has 1 aromatic heterocycles. The van der Waals surface area contributed by atoms with Crippen LogP contribution in [0.5, 0.6) is 0 Å². The SMILES string of the molecule is Cc1noc(C2CC2[N+](=O)[O-])n1. The third kappa shape index (κ3) is 1.05. The molecular formula is C6H7N3O3. The van der Waals surface area contributed by atoms with Gasteiger partial charge in [-0.2, -0.15) is 4.98 Å². The van der Waals surface area contributed by atoms with Crippen LogP contribution in [0.3, 0.4) is 0 Å². The van der Waals surface area contributed by atoms with Crippen molar-refractivity contribution in [1.82, 2.24) is 10.1 Å². The zero-order valence-corrected chi connectivity index (χ0v) is 6.43. The predicted octanol–water partition coefficient (Wildman–Crippen LogP) is 0.511. The van der Waals surface area contributed by atoms with Crippen molar-refractivity contribution in [3.63, 3.8) is 0 Å². The highest BCUT2D eigenvalue weighted by Crippen LogP contribution is 2.41. The van der Waals surface area contributed by atoms with Gasteiger partial charge in [-0.05, 0) is 6.92 Å². The number of nitrogens with zero attached hydrogens (tertiary/aromatic N) is 3. The van der Waals surface area contributed by atoms with E-state index >= 15 is 0 Å². The number of hydrogen-bond donors (Lipinski definition) is 0. The third-order valence-corrected chi connectivity index (χ3v) is 1.89. The van der Waals surface area contributed by atoms with Crippen molar-refractivity contribution < 1.29 is 9.45 Å². The maximum Gasteiger partial charge on any atom is 0.236 e. The summed E-state index contributed by atoms with van der Waals surface area (Å²) in [4.78, 5) is 13.9. The van der Waals surface area contributed by atoms with Crippen LogP contribution >= 0.6 is 0 Å². The monoisotopic (exact) mass is 169 g/mol. The third-order valence-electron chi connectivity index (χ3n) is 1.89. The molecule has 1 heterocycles. The Balaban J connectivity index is 2.10. The van der Waals surface area contributed by atoms with Crippen molar-refractivity contribution in [3.05, 3.63) is 21.8 Å². The first kappa shape index (κ1) is 7.20. The largest absolute Gasteiger partial charge is 0.339 e. The number of aromatic nitrogens is 2. The minimum absolute atomic E-state index is 0.152. The van der Waals surface area contributed by atoms with Gasteiger partial charge in [-0.1, -0.05) is 5.16 Å². The molecule has 0 N–H and O–H groups in total. The Labute approximate surface area is 67.7 Å². The van der Waals surface area contributed by atoms with Crippen LogP contribution in [0.25, 0.3) is 0 Å². The van der Waals surface area contributed by atoms with Gasteiger partial charge in [0.15, 0.2) is 5.82 Å². The fourth-order valence-corrected chi connectivity index (χ4v) is 1.14. The van der Waals surface area contributed by atoms with Crippen molar-refractivity contribution in [1.29, 1.82) is 0 Å². The van der Waals surface area contributed by atoms with E-state index in [4.69, 9.17) is 4.52 Å². The van der Waals surface area contributed by atoms with Gasteiger partial charge in [-0.15, -0.1) is 0 Å². The highest BCUT2D eigenvalue weighted by molar-refractivity contribution is 5.08. The van der Waals surface area contributed by atoms with Crippen LogP contribution in [-0.2, 0) is 0 Å². The van der Waals surface area contributed by atoms with Crippen LogP contribution < -0.4 is 0 Å². The van der Waals surface area contributed by atoms with Crippen LogP contribution in [0.2, 0.25) is 0 Å². The topological polar surface area (TPSA) is 82.1 Å². The van der Waals surface area contributed by atoms with E-state index in [0.29, 0.717) is 18.1 Å². The lowest BCUT2D eigenvalue weighted by Crippen LogP contribution is -2.02. The lowest BCUT2D eigenvalue weighted by molar-refractivity contribution is -0.496. The Morgan fingerprint density at radius 3 is 2.92 bits per heavy atom. The van der Waals surface area contributed by atoms with E-state index in [0.717, 1.165) is 0 Å². The second-order valence-corrected chi connectivity index (χ2v) is 2.87. The Bertz CT molecular complexity index is 322. The lowest BCUT2D eigenvalue weighted by Gasteiger charge is -1.85. The second kappa shape index (κ2) is 2.26. The molecule has 1 aliphatic carbocycles. The Morgan fingerprint density at radius 1 is 1.75 bits per heavy atom. The molecule has 0 aliphatic heterocycles. The van der Waals surface area contributed by atoms with E-state index in [1.807, 2.05) is 0 Å². The first-order valence-corrected chi connectivity index (χ1v) is 3.62. The minimum atomic E-state index is -0.509. The maximum absolute atomic E-state index is 10.3. The summed E-state index contributed by atoms with van der Waals surface area (Å²) in [7, 11) is 0. The van der Waals surface area contributed by atoms with E-state index in [2.05, 4.69) is 10.1 Å². The number of aryl methyl sites for hydroxylation is 1. The summed E-state index contributed by atoms with van der Waals surface area (Å²) in [6, 6.07) is -0.509. The van der Waals surface area contributed by atoms with Crippen LogP contribution in [0.4, 0.5) is 0 Å². The summed E-state index contributed by atoms with van der Waals surface area (Å²) in [6.45, 7) is 1.69. The molecule has 2 atom stereocenters. The van der Waals surface area contributed by atoms with E-state index in [9.17, 15) is 10.1 Å². The summed E-state index contributed by atoms with van der Waals surface area (Å²) in [6.07, 6.45) is 0.522. The Morgan fingerprint density at radius 2 is 2.50 bits per heavy atom. The molecule has 2 rings (SSSR count). The molecular weight excluding hydrogens is 162 g/mol. The van der Waals surface area contributed by atoms with Crippen LogP contribution in [0, 0.1) is 17.0 Å². The van der Waals surface area contributed by atoms with Crippen LogP contribution in [-0.4, -0.2) is 21.1 Å². The maximum atomic E-state index is 10.3. The Hall–Kier alpha value is -1.46. The molecule has 6 nitrogen and oxygen atoms in total. The summed E-state index contributed by atoms with van der Waals surface area (Å²) in [5.74, 6) is 0.773. The molecule has 2 unspecified atom stereocenters. The van der Waals surface area contributed by atoms with Gasteiger partial charge in [0.25, 0.3) is 0 Å². The van der Waals surface area contributed by atoms with Crippen LogP contribution in [0.1, 0.15) is 24.1 Å². The van der Waals surface area contributed by atoms with Crippen LogP contribution in [0.15, 0.2) is 4.52 Å². The molecule has 1 aromatic rings. The number of hydrogen-bond acceptors (Lipinski definition) is 5. The molecule has 0 amide bonds. The van der Waals surface area contributed by atoms with Crippen molar-refractivity contribution in [3.8, 4) is 0 Å². The zero-order valence-electron chi connectivity index (χ0n) is 6.43. The van der Waals surface area contributed by atoms with Gasteiger partial charge in [-0.25, -0.2) is 0 Å². The molecule has 0 spiro atoms. The molecule has 0 saturated heterocycles. The highest BCUT2D eigenvalue weighted by atomic mass is 16.6. The molecule has 1 aliphatic rings. The quantitative estimate of drug-likeness (QED) is 0.475. The van der Waals surface area contributed by atoms with Crippen molar-refractivity contribution >= 4 is 0 Å². The van der Waals surface area contributed by atoms with E-state index < -0.39 is 6.04 Å².